The maximum Gasteiger partial charge on any atom is 0.116 e. The highest BCUT2D eigenvalue weighted by molar-refractivity contribution is 6.01. The minimum Gasteiger partial charge on any atom is -0.352 e. The highest BCUT2D eigenvalue weighted by Gasteiger charge is 2.16. The van der Waals surface area contributed by atoms with Crippen LogP contribution in [0.2, 0.25) is 0 Å². The van der Waals surface area contributed by atoms with Gasteiger partial charge in [0, 0.05) is 47.0 Å². The molecule has 5 heterocycles. The Morgan fingerprint density at radius 1 is 0.833 bits per heavy atom. The van der Waals surface area contributed by atoms with Gasteiger partial charge in [-0.2, -0.15) is 5.10 Å². The van der Waals surface area contributed by atoms with E-state index in [1.807, 2.05) is 24.8 Å². The standard InChI is InChI=1S/C30H28N6/c1-4-10-36(11-5-1)19-20-12-23(16-31-15-20)22-8-9-27-25(13-22)30(35-34-27)28-14-24-26(21-6-2-3-7-21)17-32-18-29(24)33-28/h2,6-9,12-18,33H,1,3-5,10-11,19H2,(H,34,35). The fraction of sp³-hybridized carbons (Fsp3) is 0.233. The van der Waals surface area contributed by atoms with Crippen molar-refractivity contribution in [1.82, 2.24) is 30.0 Å². The lowest BCUT2D eigenvalue weighted by Gasteiger charge is -2.26. The molecule has 1 aliphatic carbocycles. The summed E-state index contributed by atoms with van der Waals surface area (Å²) in [5.74, 6) is 0. The number of aromatic nitrogens is 5. The van der Waals surface area contributed by atoms with Gasteiger partial charge < -0.3 is 4.98 Å². The van der Waals surface area contributed by atoms with Crippen LogP contribution in [0.15, 0.2) is 73.3 Å². The van der Waals surface area contributed by atoms with Crippen molar-refractivity contribution in [3.05, 3.63) is 84.5 Å². The van der Waals surface area contributed by atoms with E-state index in [0.717, 1.165) is 57.5 Å². The highest BCUT2D eigenvalue weighted by atomic mass is 15.1. The van der Waals surface area contributed by atoms with Crippen molar-refractivity contribution in [2.75, 3.05) is 13.1 Å². The fourth-order valence-corrected chi connectivity index (χ4v) is 5.57. The lowest BCUT2D eigenvalue weighted by molar-refractivity contribution is 0.220. The van der Waals surface area contributed by atoms with Crippen LogP contribution in [-0.2, 0) is 6.54 Å². The quantitative estimate of drug-likeness (QED) is 0.306. The van der Waals surface area contributed by atoms with E-state index in [1.54, 1.807) is 0 Å². The topological polar surface area (TPSA) is 73.5 Å². The number of pyridine rings is 2. The number of hydrogen-bond donors (Lipinski definition) is 2. The molecule has 7 rings (SSSR count). The van der Waals surface area contributed by atoms with E-state index in [9.17, 15) is 0 Å². The summed E-state index contributed by atoms with van der Waals surface area (Å²) in [7, 11) is 0. The van der Waals surface area contributed by atoms with Crippen LogP contribution in [0.4, 0.5) is 0 Å². The lowest BCUT2D eigenvalue weighted by Crippen LogP contribution is -2.29. The Bertz CT molecular complexity index is 1630. The molecule has 1 saturated heterocycles. The van der Waals surface area contributed by atoms with E-state index >= 15 is 0 Å². The first-order chi connectivity index (χ1) is 17.8. The van der Waals surface area contributed by atoms with Gasteiger partial charge in [0.05, 0.1) is 22.9 Å². The molecule has 2 N–H and O–H groups in total. The molecule has 0 unspecified atom stereocenters. The molecule has 0 amide bonds. The molecular weight excluding hydrogens is 444 g/mol. The maximum atomic E-state index is 4.69. The zero-order chi connectivity index (χ0) is 23.9. The molecule has 4 aromatic heterocycles. The average molecular weight is 473 g/mol. The van der Waals surface area contributed by atoms with Crippen LogP contribution in [0.1, 0.15) is 36.8 Å². The van der Waals surface area contributed by atoms with Crippen LogP contribution < -0.4 is 0 Å². The van der Waals surface area contributed by atoms with Crippen LogP contribution >= 0.6 is 0 Å². The number of hydrogen-bond acceptors (Lipinski definition) is 4. The second kappa shape index (κ2) is 8.88. The van der Waals surface area contributed by atoms with E-state index in [-0.39, 0.29) is 0 Å². The molecule has 0 radical (unpaired) electrons. The molecule has 2 aliphatic rings. The smallest absolute Gasteiger partial charge is 0.116 e. The molecule has 6 heteroatoms. The van der Waals surface area contributed by atoms with Gasteiger partial charge in [-0.15, -0.1) is 0 Å². The Labute approximate surface area is 209 Å². The molecule has 6 nitrogen and oxygen atoms in total. The van der Waals surface area contributed by atoms with Crippen molar-refractivity contribution in [1.29, 1.82) is 0 Å². The van der Waals surface area contributed by atoms with Crippen molar-refractivity contribution in [2.45, 2.75) is 32.2 Å². The van der Waals surface area contributed by atoms with Gasteiger partial charge in [0.1, 0.15) is 5.69 Å². The minimum absolute atomic E-state index is 0.919. The van der Waals surface area contributed by atoms with Crippen molar-refractivity contribution in [3.8, 4) is 22.5 Å². The number of fused-ring (bicyclic) bond motifs is 2. The van der Waals surface area contributed by atoms with Gasteiger partial charge in [0.15, 0.2) is 0 Å². The SMILES string of the molecule is C1=CC(c2cncc3[nH]c(-c4n[nH]c5ccc(-c6cncc(CN7CCCCC7)c6)cc45)cc23)=CC1. The Morgan fingerprint density at radius 2 is 1.75 bits per heavy atom. The number of aromatic amines is 2. The number of allylic oxidation sites excluding steroid dienone is 4. The summed E-state index contributed by atoms with van der Waals surface area (Å²) in [6, 6.07) is 11.0. The third-order valence-electron chi connectivity index (χ3n) is 7.43. The zero-order valence-electron chi connectivity index (χ0n) is 20.2. The van der Waals surface area contributed by atoms with E-state index < -0.39 is 0 Å². The first-order valence-electron chi connectivity index (χ1n) is 12.8. The summed E-state index contributed by atoms with van der Waals surface area (Å²) in [6.07, 6.45) is 19.3. The Balaban J connectivity index is 1.25. The molecule has 0 saturated carbocycles. The summed E-state index contributed by atoms with van der Waals surface area (Å²) in [6.45, 7) is 3.34. The van der Waals surface area contributed by atoms with E-state index in [0.29, 0.717) is 0 Å². The average Bonchev–Trinajstić information content (AvgIpc) is 3.68. The van der Waals surface area contributed by atoms with Gasteiger partial charge in [-0.3, -0.25) is 20.0 Å². The normalized spacial score (nSPS) is 16.3. The summed E-state index contributed by atoms with van der Waals surface area (Å²) < 4.78 is 0. The van der Waals surface area contributed by atoms with Crippen molar-refractivity contribution in [3.63, 3.8) is 0 Å². The molecule has 1 aliphatic heterocycles. The molecule has 36 heavy (non-hydrogen) atoms. The van der Waals surface area contributed by atoms with E-state index in [1.165, 1.54) is 48.9 Å². The Morgan fingerprint density at radius 3 is 2.64 bits per heavy atom. The van der Waals surface area contributed by atoms with Crippen LogP contribution in [0, 0.1) is 0 Å². The van der Waals surface area contributed by atoms with Gasteiger partial charge in [0.2, 0.25) is 0 Å². The summed E-state index contributed by atoms with van der Waals surface area (Å²) >= 11 is 0. The highest BCUT2D eigenvalue weighted by Crippen LogP contribution is 2.34. The number of rotatable bonds is 5. The predicted molar refractivity (Wildman–Crippen MR) is 145 cm³/mol. The number of nitrogens with one attached hydrogen (secondary N) is 2. The molecule has 5 aromatic rings. The number of nitrogens with zero attached hydrogens (tertiary/aromatic N) is 4. The third kappa shape index (κ3) is 3.84. The maximum absolute atomic E-state index is 4.69. The number of likely N-dealkylation sites (tertiary alicyclic amines) is 1. The van der Waals surface area contributed by atoms with Crippen LogP contribution in [0.3, 0.4) is 0 Å². The van der Waals surface area contributed by atoms with Gasteiger partial charge in [-0.1, -0.05) is 30.7 Å². The molecular formula is C30H28N6. The molecule has 1 aromatic carbocycles. The lowest BCUT2D eigenvalue weighted by atomic mass is 10.0. The van der Waals surface area contributed by atoms with E-state index in [2.05, 4.69) is 73.5 Å². The number of H-pyrrole nitrogens is 2. The summed E-state index contributed by atoms with van der Waals surface area (Å²) in [5, 5.41) is 10.2. The largest absolute Gasteiger partial charge is 0.352 e. The monoisotopic (exact) mass is 472 g/mol. The Kier molecular flexibility index (Phi) is 5.25. The number of benzene rings is 1. The van der Waals surface area contributed by atoms with Crippen LogP contribution in [0.5, 0.6) is 0 Å². The van der Waals surface area contributed by atoms with Gasteiger partial charge in [-0.25, -0.2) is 0 Å². The molecule has 1 fully saturated rings. The minimum atomic E-state index is 0.919. The van der Waals surface area contributed by atoms with Crippen molar-refractivity contribution in [2.24, 2.45) is 0 Å². The fourth-order valence-electron chi connectivity index (χ4n) is 5.57. The molecule has 178 valence electrons. The zero-order valence-corrected chi connectivity index (χ0v) is 20.2. The van der Waals surface area contributed by atoms with E-state index in [4.69, 9.17) is 5.10 Å². The first-order valence-corrected chi connectivity index (χ1v) is 12.8. The summed E-state index contributed by atoms with van der Waals surface area (Å²) in [5.41, 5.74) is 9.89. The first kappa shape index (κ1) is 21.3. The molecule has 0 spiro atoms. The Hall–Kier alpha value is -4.03. The second-order valence-electron chi connectivity index (χ2n) is 9.88. The molecule has 0 atom stereocenters. The molecule has 0 bridgehead atoms. The van der Waals surface area contributed by atoms with Gasteiger partial charge in [-0.05, 0) is 73.3 Å². The van der Waals surface area contributed by atoms with Crippen molar-refractivity contribution >= 4 is 27.4 Å². The third-order valence-corrected chi connectivity index (χ3v) is 7.43. The van der Waals surface area contributed by atoms with Crippen LogP contribution in [0.25, 0.3) is 49.9 Å². The van der Waals surface area contributed by atoms with Crippen molar-refractivity contribution < 1.29 is 0 Å². The number of piperidine rings is 1. The second-order valence-corrected chi connectivity index (χ2v) is 9.88. The van der Waals surface area contributed by atoms with Gasteiger partial charge in [0.25, 0.3) is 0 Å². The summed E-state index contributed by atoms with van der Waals surface area (Å²) in [4.78, 5) is 15.1. The van der Waals surface area contributed by atoms with Crippen LogP contribution in [-0.4, -0.2) is 43.1 Å². The predicted octanol–water partition coefficient (Wildman–Crippen LogP) is 6.50. The van der Waals surface area contributed by atoms with Gasteiger partial charge >= 0.3 is 0 Å².